The largest absolute Gasteiger partial charge is 0.573 e. The first kappa shape index (κ1) is 25.7. The van der Waals surface area contributed by atoms with Crippen LogP contribution in [0.15, 0.2) is 48.5 Å². The van der Waals surface area contributed by atoms with Gasteiger partial charge in [0.15, 0.2) is 11.6 Å². The third kappa shape index (κ3) is 7.03. The summed E-state index contributed by atoms with van der Waals surface area (Å²) in [5.74, 6) is -3.29. The molecule has 1 aromatic heterocycles. The third-order valence-corrected chi connectivity index (χ3v) is 4.75. The Morgan fingerprint density at radius 1 is 1.06 bits per heavy atom. The Balaban J connectivity index is 1.92. The number of halogens is 4. The number of rotatable bonds is 10. The molecule has 0 spiro atoms. The monoisotopic (exact) mass is 495 g/mol. The van der Waals surface area contributed by atoms with Crippen LogP contribution in [0.25, 0.3) is 0 Å². The van der Waals surface area contributed by atoms with Crippen LogP contribution in [0.3, 0.4) is 0 Å². The molecule has 0 aliphatic heterocycles. The Labute approximate surface area is 197 Å². The fraction of sp³-hybridized carbons (Fsp3) is 0.261. The number of hydrogen-bond acceptors (Lipinski definition) is 7. The van der Waals surface area contributed by atoms with Crippen LogP contribution < -0.4 is 19.9 Å². The molecule has 0 radical (unpaired) electrons. The average Bonchev–Trinajstić information content (AvgIpc) is 2.82. The molecule has 12 heteroatoms. The smallest absolute Gasteiger partial charge is 0.497 e. The van der Waals surface area contributed by atoms with E-state index in [0.717, 1.165) is 17.7 Å². The van der Waals surface area contributed by atoms with E-state index in [9.17, 15) is 22.4 Å². The summed E-state index contributed by atoms with van der Waals surface area (Å²) in [6.07, 6.45) is -5.05. The molecule has 2 aromatic carbocycles. The fourth-order valence-electron chi connectivity index (χ4n) is 3.11. The Morgan fingerprint density at radius 2 is 1.77 bits per heavy atom. The molecule has 0 saturated heterocycles. The van der Waals surface area contributed by atoms with Gasteiger partial charge in [0.25, 0.3) is 5.91 Å². The molecule has 0 aliphatic rings. The van der Waals surface area contributed by atoms with Gasteiger partial charge in [0.2, 0.25) is 5.88 Å². The highest BCUT2D eigenvalue weighted by Crippen LogP contribution is 2.31. The van der Waals surface area contributed by atoms with E-state index < -0.39 is 29.8 Å². The molecule has 0 saturated carbocycles. The van der Waals surface area contributed by atoms with Gasteiger partial charge in [-0.1, -0.05) is 18.2 Å². The van der Waals surface area contributed by atoms with Crippen molar-refractivity contribution in [3.63, 3.8) is 0 Å². The fourth-order valence-corrected chi connectivity index (χ4v) is 3.11. The van der Waals surface area contributed by atoms with Crippen molar-refractivity contribution in [1.29, 1.82) is 0 Å². The van der Waals surface area contributed by atoms with Gasteiger partial charge in [0.05, 0.1) is 19.6 Å². The Bertz CT molecular complexity index is 1170. The topological polar surface area (TPSA) is 106 Å². The van der Waals surface area contributed by atoms with Crippen molar-refractivity contribution in [2.75, 3.05) is 20.8 Å². The van der Waals surface area contributed by atoms with E-state index in [1.165, 1.54) is 19.2 Å². The van der Waals surface area contributed by atoms with Crippen molar-refractivity contribution in [3.8, 4) is 17.4 Å². The number of alkyl halides is 3. The van der Waals surface area contributed by atoms with E-state index in [-0.39, 0.29) is 36.2 Å². The normalized spacial score (nSPS) is 12.2. The van der Waals surface area contributed by atoms with Crippen LogP contribution >= 0.6 is 0 Å². The van der Waals surface area contributed by atoms with Crippen LogP contribution in [-0.4, -0.2) is 43.1 Å². The quantitative estimate of drug-likeness (QED) is 0.424. The van der Waals surface area contributed by atoms with Crippen molar-refractivity contribution in [2.45, 2.75) is 18.9 Å². The van der Waals surface area contributed by atoms with Crippen LogP contribution in [0.1, 0.15) is 33.4 Å². The molecule has 0 fully saturated rings. The number of aromatic nitrogens is 2. The van der Waals surface area contributed by atoms with Crippen LogP contribution in [0.5, 0.6) is 17.4 Å². The summed E-state index contributed by atoms with van der Waals surface area (Å²) in [4.78, 5) is 20.3. The zero-order valence-electron chi connectivity index (χ0n) is 18.6. The van der Waals surface area contributed by atoms with Gasteiger partial charge < -0.3 is 24.7 Å². The van der Waals surface area contributed by atoms with Crippen molar-refractivity contribution < 1.29 is 41.3 Å². The molecule has 3 rings (SSSR count). The maximum Gasteiger partial charge on any atom is 0.573 e. The summed E-state index contributed by atoms with van der Waals surface area (Å²) in [5.41, 5.74) is 6.19. The number of carbonyl (C=O) groups is 1. The lowest BCUT2D eigenvalue weighted by molar-refractivity contribution is -0.275. The Hall–Kier alpha value is -3.93. The number of amides is 1. The minimum Gasteiger partial charge on any atom is -0.497 e. The van der Waals surface area contributed by atoms with Crippen molar-refractivity contribution in [1.82, 2.24) is 9.97 Å². The van der Waals surface area contributed by atoms with Gasteiger partial charge in [0.1, 0.15) is 23.9 Å². The summed E-state index contributed by atoms with van der Waals surface area (Å²) >= 11 is 0. The van der Waals surface area contributed by atoms with Gasteiger partial charge >= 0.3 is 6.36 Å². The number of hydrogen-bond donors (Lipinski definition) is 1. The second-order valence-corrected chi connectivity index (χ2v) is 7.20. The zero-order chi connectivity index (χ0) is 25.6. The van der Waals surface area contributed by atoms with E-state index in [1.54, 1.807) is 31.4 Å². The lowest BCUT2D eigenvalue weighted by Crippen LogP contribution is -2.20. The van der Waals surface area contributed by atoms with Gasteiger partial charge in [-0.3, -0.25) is 4.79 Å². The average molecular weight is 495 g/mol. The van der Waals surface area contributed by atoms with Crippen molar-refractivity contribution >= 4 is 5.91 Å². The van der Waals surface area contributed by atoms with Crippen molar-refractivity contribution in [3.05, 3.63) is 77.0 Å². The lowest BCUT2D eigenvalue weighted by Gasteiger charge is -2.18. The highest BCUT2D eigenvalue weighted by molar-refractivity contribution is 5.91. The third-order valence-electron chi connectivity index (χ3n) is 4.75. The first-order chi connectivity index (χ1) is 16.6. The number of ether oxygens (including phenoxy) is 4. The molecule has 0 unspecified atom stereocenters. The molecule has 1 heterocycles. The van der Waals surface area contributed by atoms with E-state index in [4.69, 9.17) is 19.9 Å². The van der Waals surface area contributed by atoms with Crippen LogP contribution in [0.2, 0.25) is 0 Å². The van der Waals surface area contributed by atoms with E-state index >= 15 is 0 Å². The maximum absolute atomic E-state index is 14.3. The van der Waals surface area contributed by atoms with Gasteiger partial charge in [-0.25, -0.2) is 9.37 Å². The molecular weight excluding hydrogens is 474 g/mol. The van der Waals surface area contributed by atoms with Gasteiger partial charge in [-0.15, -0.1) is 13.2 Å². The summed E-state index contributed by atoms with van der Waals surface area (Å²) in [7, 11) is 2.90. The standard InChI is InChI=1S/C23H21F4N3O5/c1-32-12-16(14-5-8-19(17(24)9-14)35-23(25,26)27)22-29-18(21(28)31)10-20(30-22)34-11-13-3-6-15(33-2)7-4-13/h3-10,16H,11-12H2,1-2H3,(H2,28,31)/t16-/m0/s1. The molecule has 1 amide bonds. The first-order valence-corrected chi connectivity index (χ1v) is 10.1. The number of nitrogens with zero attached hydrogens (tertiary/aromatic N) is 2. The molecular formula is C23H21F4N3O5. The molecule has 2 N–H and O–H groups in total. The molecule has 8 nitrogen and oxygen atoms in total. The summed E-state index contributed by atoms with van der Waals surface area (Å²) in [6, 6.07) is 11.2. The molecule has 1 atom stereocenters. The van der Waals surface area contributed by atoms with E-state index in [0.29, 0.717) is 5.75 Å². The SMILES string of the molecule is COC[C@@H](c1ccc(OC(F)(F)F)c(F)c1)c1nc(OCc2ccc(OC)cc2)cc(C(N)=O)n1. The predicted molar refractivity (Wildman–Crippen MR) is 115 cm³/mol. The van der Waals surface area contributed by atoms with E-state index in [2.05, 4.69) is 14.7 Å². The number of carbonyl (C=O) groups excluding carboxylic acids is 1. The second-order valence-electron chi connectivity index (χ2n) is 7.20. The van der Waals surface area contributed by atoms with Crippen LogP contribution in [-0.2, 0) is 11.3 Å². The highest BCUT2D eigenvalue weighted by atomic mass is 19.4. The summed E-state index contributed by atoms with van der Waals surface area (Å²) in [6.45, 7) is 0.00471. The predicted octanol–water partition coefficient (Wildman–Crippen LogP) is 3.98. The van der Waals surface area contributed by atoms with E-state index in [1.807, 2.05) is 0 Å². The maximum atomic E-state index is 14.3. The number of primary amides is 1. The lowest BCUT2D eigenvalue weighted by atomic mass is 9.98. The van der Waals surface area contributed by atoms with Gasteiger partial charge in [-0.05, 0) is 35.4 Å². The number of nitrogens with two attached hydrogens (primary N) is 1. The molecule has 0 aliphatic carbocycles. The minimum atomic E-state index is -5.05. The Kier molecular flexibility index (Phi) is 8.07. The summed E-state index contributed by atoms with van der Waals surface area (Å²) in [5, 5.41) is 0. The summed E-state index contributed by atoms with van der Waals surface area (Å²) < 4.78 is 71.4. The van der Waals surface area contributed by atoms with Crippen LogP contribution in [0.4, 0.5) is 17.6 Å². The molecule has 0 bridgehead atoms. The molecule has 3 aromatic rings. The Morgan fingerprint density at radius 3 is 2.34 bits per heavy atom. The van der Waals surface area contributed by atoms with Crippen LogP contribution in [0, 0.1) is 5.82 Å². The van der Waals surface area contributed by atoms with Gasteiger partial charge in [-0.2, -0.15) is 4.98 Å². The van der Waals surface area contributed by atoms with Gasteiger partial charge in [0, 0.05) is 13.2 Å². The van der Waals surface area contributed by atoms with Crippen molar-refractivity contribution in [2.24, 2.45) is 5.73 Å². The molecule has 35 heavy (non-hydrogen) atoms. The number of benzene rings is 2. The second kappa shape index (κ2) is 11.0. The first-order valence-electron chi connectivity index (χ1n) is 10.1. The number of methoxy groups -OCH3 is 2. The minimum absolute atomic E-state index is 0.00299. The molecule has 186 valence electrons. The highest BCUT2D eigenvalue weighted by Gasteiger charge is 2.33. The zero-order valence-corrected chi connectivity index (χ0v) is 18.6.